The van der Waals surface area contributed by atoms with E-state index in [9.17, 15) is 17.8 Å². The third kappa shape index (κ3) is 7.94. The van der Waals surface area contributed by atoms with Crippen molar-refractivity contribution in [2.24, 2.45) is 0 Å². The summed E-state index contributed by atoms with van der Waals surface area (Å²) < 4.78 is 38.6. The van der Waals surface area contributed by atoms with Crippen LogP contribution in [-0.4, -0.2) is 61.0 Å². The van der Waals surface area contributed by atoms with Gasteiger partial charge in [-0.1, -0.05) is 6.58 Å². The van der Waals surface area contributed by atoms with Gasteiger partial charge in [-0.2, -0.15) is 0 Å². The minimum Gasteiger partial charge on any atom is -0.748 e. The quantitative estimate of drug-likeness (QED) is 0.247. The summed E-state index contributed by atoms with van der Waals surface area (Å²) in [7, 11) is -4.19. The lowest BCUT2D eigenvalue weighted by atomic mass is 10.1. The number of nitrogens with zero attached hydrogens (tertiary/aromatic N) is 1. The van der Waals surface area contributed by atoms with Crippen LogP contribution in [0, 0.1) is 0 Å². The highest BCUT2D eigenvalue weighted by molar-refractivity contribution is 7.85. The average Bonchev–Trinajstić information content (AvgIpc) is 2.45. The molecule has 0 aliphatic carbocycles. The van der Waals surface area contributed by atoms with Crippen LogP contribution in [0.2, 0.25) is 0 Å². The molecule has 23 heavy (non-hydrogen) atoms. The molecule has 0 amide bonds. The van der Waals surface area contributed by atoms with Crippen LogP contribution in [0.5, 0.6) is 0 Å². The fourth-order valence-corrected chi connectivity index (χ4v) is 3.38. The zero-order valence-corrected chi connectivity index (χ0v) is 15.8. The molecule has 2 atom stereocenters. The van der Waals surface area contributed by atoms with Crippen LogP contribution in [0.15, 0.2) is 12.2 Å². The van der Waals surface area contributed by atoms with Crippen molar-refractivity contribution in [1.29, 1.82) is 0 Å². The molecule has 0 heterocycles. The Labute approximate surface area is 140 Å². The van der Waals surface area contributed by atoms with Crippen LogP contribution in [0.25, 0.3) is 0 Å². The summed E-state index contributed by atoms with van der Waals surface area (Å²) in [6.45, 7) is 15.5. The summed E-state index contributed by atoms with van der Waals surface area (Å²) in [4.78, 5) is 11.5. The second kappa shape index (κ2) is 9.39. The number of hydrogen-bond acceptors (Lipinski definition) is 5. The van der Waals surface area contributed by atoms with E-state index in [2.05, 4.69) is 20.4 Å². The Kier molecular flexibility index (Phi) is 9.02. The highest BCUT2D eigenvalue weighted by atomic mass is 32.2. The van der Waals surface area contributed by atoms with E-state index >= 15 is 0 Å². The van der Waals surface area contributed by atoms with E-state index in [1.165, 1.54) is 0 Å². The molecule has 7 heteroatoms. The second-order valence-electron chi connectivity index (χ2n) is 6.26. The molecule has 0 aromatic carbocycles. The molecule has 0 aromatic rings. The molecule has 6 nitrogen and oxygen atoms in total. The van der Waals surface area contributed by atoms with Crippen molar-refractivity contribution in [3.63, 3.8) is 0 Å². The molecule has 0 aromatic heterocycles. The topological polar surface area (TPSA) is 83.5 Å². The third-order valence-corrected chi connectivity index (χ3v) is 5.35. The van der Waals surface area contributed by atoms with Crippen LogP contribution in [0.3, 0.4) is 0 Å². The first kappa shape index (κ1) is 22.1. The predicted octanol–water partition coefficient (Wildman–Crippen LogP) is 2.06. The molecule has 0 N–H and O–H groups in total. The number of rotatable bonds is 11. The summed E-state index contributed by atoms with van der Waals surface area (Å²) >= 11 is 0. The van der Waals surface area contributed by atoms with Crippen LogP contribution >= 0.6 is 0 Å². The fraction of sp³-hybridized carbons (Fsp3) is 0.812. The predicted molar refractivity (Wildman–Crippen MR) is 89.8 cm³/mol. The van der Waals surface area contributed by atoms with Crippen LogP contribution in [0.1, 0.15) is 47.5 Å². The van der Waals surface area contributed by atoms with Gasteiger partial charge in [0.05, 0.1) is 35.8 Å². The van der Waals surface area contributed by atoms with Gasteiger partial charge in [-0.05, 0) is 34.6 Å². The zero-order chi connectivity index (χ0) is 18.3. The molecule has 0 fully saturated rings. The number of carbonyl (C=O) groups is 1. The zero-order valence-electron chi connectivity index (χ0n) is 15.0. The lowest BCUT2D eigenvalue weighted by molar-refractivity contribution is -0.946. The lowest BCUT2D eigenvalue weighted by Crippen LogP contribution is -2.55. The van der Waals surface area contributed by atoms with Crippen molar-refractivity contribution in [3.05, 3.63) is 12.2 Å². The highest BCUT2D eigenvalue weighted by Gasteiger charge is 2.31. The van der Waals surface area contributed by atoms with E-state index in [0.29, 0.717) is 22.9 Å². The Morgan fingerprint density at radius 1 is 1.22 bits per heavy atom. The molecule has 2 unspecified atom stereocenters. The largest absolute Gasteiger partial charge is 0.748 e. The van der Waals surface area contributed by atoms with Crippen LogP contribution < -0.4 is 0 Å². The van der Waals surface area contributed by atoms with Gasteiger partial charge >= 0.3 is 5.97 Å². The molecule has 0 rings (SSSR count). The van der Waals surface area contributed by atoms with Gasteiger partial charge in [-0.25, -0.2) is 13.2 Å². The van der Waals surface area contributed by atoms with Crippen molar-refractivity contribution in [1.82, 2.24) is 0 Å². The first-order chi connectivity index (χ1) is 10.5. The van der Waals surface area contributed by atoms with Gasteiger partial charge in [0.15, 0.2) is 0 Å². The van der Waals surface area contributed by atoms with E-state index in [1.807, 2.05) is 13.8 Å². The Bertz CT molecular complexity index is 497. The van der Waals surface area contributed by atoms with Gasteiger partial charge in [-0.15, -0.1) is 0 Å². The molecule has 0 radical (unpaired) electrons. The first-order valence-electron chi connectivity index (χ1n) is 8.13. The third-order valence-electron chi connectivity index (χ3n) is 4.62. The normalized spacial score (nSPS) is 15.0. The molecule has 136 valence electrons. The SMILES string of the molecule is C=C(C)C(=O)OC(C)CC[N+](CC)(CC)C(C)CCS(=O)(=O)[O-]. The number of ether oxygens (including phenoxy) is 1. The first-order valence-corrected chi connectivity index (χ1v) is 9.71. The smallest absolute Gasteiger partial charge is 0.333 e. The van der Waals surface area contributed by atoms with E-state index in [0.717, 1.165) is 19.6 Å². The molecule has 0 saturated heterocycles. The average molecular weight is 349 g/mol. The Balaban J connectivity index is 4.76. The van der Waals surface area contributed by atoms with Gasteiger partial charge in [-0.3, -0.25) is 0 Å². The van der Waals surface area contributed by atoms with Crippen LogP contribution in [0.4, 0.5) is 0 Å². The van der Waals surface area contributed by atoms with Gasteiger partial charge in [0.25, 0.3) is 0 Å². The van der Waals surface area contributed by atoms with Crippen molar-refractivity contribution >= 4 is 16.1 Å². The second-order valence-corrected chi connectivity index (χ2v) is 7.78. The van der Waals surface area contributed by atoms with Crippen molar-refractivity contribution in [3.8, 4) is 0 Å². The molecule has 0 bridgehead atoms. The minimum absolute atomic E-state index is 0.0535. The maximum absolute atomic E-state index is 11.5. The monoisotopic (exact) mass is 349 g/mol. The minimum atomic E-state index is -4.19. The van der Waals surface area contributed by atoms with Crippen molar-refractivity contribution in [2.45, 2.75) is 59.6 Å². The van der Waals surface area contributed by atoms with Gasteiger partial charge in [0.1, 0.15) is 6.10 Å². The Morgan fingerprint density at radius 2 is 1.74 bits per heavy atom. The molecule has 0 aliphatic rings. The summed E-state index contributed by atoms with van der Waals surface area (Å²) in [6.07, 6.45) is 0.785. The van der Waals surface area contributed by atoms with E-state index in [1.54, 1.807) is 6.92 Å². The van der Waals surface area contributed by atoms with Crippen LogP contribution in [-0.2, 0) is 19.6 Å². The summed E-state index contributed by atoms with van der Waals surface area (Å²) in [5.74, 6) is -0.733. The standard InChI is InChI=1S/C16H31NO5S/c1-7-17(8-2,14(5)10-12-23(19,20)21)11-9-15(6)22-16(18)13(3)4/h14-15H,3,7-12H2,1-2,4-6H3. The summed E-state index contributed by atoms with van der Waals surface area (Å²) in [5, 5.41) is 0. The lowest BCUT2D eigenvalue weighted by Gasteiger charge is -2.43. The van der Waals surface area contributed by atoms with Gasteiger partial charge < -0.3 is 13.8 Å². The maximum atomic E-state index is 11.5. The molecular formula is C16H31NO5S. The number of carbonyl (C=O) groups excluding carboxylic acids is 1. The number of esters is 1. The van der Waals surface area contributed by atoms with Crippen molar-refractivity contribution in [2.75, 3.05) is 25.4 Å². The Hall–Kier alpha value is -0.920. The molecule has 0 saturated carbocycles. The van der Waals surface area contributed by atoms with E-state index in [-0.39, 0.29) is 17.9 Å². The van der Waals surface area contributed by atoms with Crippen molar-refractivity contribution < 1.29 is 27.0 Å². The van der Waals surface area contributed by atoms with Gasteiger partial charge in [0, 0.05) is 24.2 Å². The molecule has 0 spiro atoms. The van der Waals surface area contributed by atoms with Gasteiger partial charge in [0.2, 0.25) is 0 Å². The Morgan fingerprint density at radius 3 is 2.13 bits per heavy atom. The number of quaternary nitrogens is 1. The van der Waals surface area contributed by atoms with E-state index in [4.69, 9.17) is 4.74 Å². The van der Waals surface area contributed by atoms with E-state index < -0.39 is 16.1 Å². The molecule has 0 aliphatic heterocycles. The highest BCUT2D eigenvalue weighted by Crippen LogP contribution is 2.19. The molecular weight excluding hydrogens is 318 g/mol. The number of hydrogen-bond donors (Lipinski definition) is 0. The summed E-state index contributed by atoms with van der Waals surface area (Å²) in [5.41, 5.74) is 0.373. The maximum Gasteiger partial charge on any atom is 0.333 e. The summed E-state index contributed by atoms with van der Waals surface area (Å²) in [6, 6.07) is 0.0535. The fourth-order valence-electron chi connectivity index (χ4n) is 2.75.